The molecule has 1 aromatic carbocycles. The molecule has 4 heteroatoms. The monoisotopic (exact) mass is 281 g/mol. The summed E-state index contributed by atoms with van der Waals surface area (Å²) in [7, 11) is -0.349. The van der Waals surface area contributed by atoms with Gasteiger partial charge in [-0.05, 0) is 24.1 Å². The van der Waals surface area contributed by atoms with Crippen molar-refractivity contribution >= 4 is 26.4 Å². The zero-order valence-electron chi connectivity index (χ0n) is 10.8. The van der Waals surface area contributed by atoms with Crippen LogP contribution in [-0.2, 0) is 11.2 Å². The van der Waals surface area contributed by atoms with E-state index in [9.17, 15) is 4.79 Å². The summed E-state index contributed by atoms with van der Waals surface area (Å²) in [5, 5.41) is 0.0949. The number of hydrogen-bond acceptors (Lipinski definition) is 2. The van der Waals surface area contributed by atoms with E-state index in [4.69, 9.17) is 16.3 Å². The highest BCUT2D eigenvalue weighted by atomic mass is 35.5. The summed E-state index contributed by atoms with van der Waals surface area (Å²) in [6.45, 7) is 7.87. The summed E-state index contributed by atoms with van der Waals surface area (Å²) in [6, 6.07) is 8.53. The third-order valence-corrected chi connectivity index (χ3v) is 4.30. The Kier molecular flexibility index (Phi) is 6.16. The van der Waals surface area contributed by atoms with Crippen LogP contribution in [0.15, 0.2) is 36.9 Å². The molecule has 0 aliphatic rings. The molecule has 1 unspecified atom stereocenters. The first-order chi connectivity index (χ1) is 8.52. The zero-order chi connectivity index (χ0) is 13.5. The fourth-order valence-corrected chi connectivity index (χ4v) is 3.80. The fraction of sp³-hybridized carbons (Fsp3) is 0.357. The minimum Gasteiger partial charge on any atom is -0.423 e. The predicted octanol–water partition coefficient (Wildman–Crippen LogP) is 3.68. The van der Waals surface area contributed by atoms with Gasteiger partial charge in [-0.3, -0.25) is 0 Å². The molecule has 97 valence electrons. The second-order valence-electron chi connectivity index (χ2n) is 4.45. The minimum atomic E-state index is -0.440. The molecule has 1 atom stereocenters. The molecule has 0 fully saturated rings. The number of carbonyl (C=O) groups excluding carboxylic acids is 1. The molecule has 0 N–H and O–H groups in total. The van der Waals surface area contributed by atoms with E-state index in [0.29, 0.717) is 5.75 Å². The lowest BCUT2D eigenvalue weighted by Crippen LogP contribution is -2.13. The first-order valence-corrected chi connectivity index (χ1v) is 9.02. The maximum absolute atomic E-state index is 11.2. The van der Waals surface area contributed by atoms with Gasteiger partial charge in [-0.15, -0.1) is 11.6 Å². The smallest absolute Gasteiger partial charge is 0.335 e. The number of ether oxygens (including phenoxy) is 1. The van der Waals surface area contributed by atoms with Gasteiger partial charge in [0.15, 0.2) is 0 Å². The average molecular weight is 282 g/mol. The van der Waals surface area contributed by atoms with Gasteiger partial charge in [0.1, 0.15) is 5.75 Å². The Labute approximate surface area is 115 Å². The molecule has 1 radical (unpaired) electrons. The highest BCUT2D eigenvalue weighted by Gasteiger charge is 2.13. The summed E-state index contributed by atoms with van der Waals surface area (Å²) in [5.41, 5.74) is 0.968. The van der Waals surface area contributed by atoms with Crippen molar-refractivity contribution in [3.8, 4) is 5.75 Å². The first kappa shape index (κ1) is 15.0. The summed E-state index contributed by atoms with van der Waals surface area (Å²) in [5.74, 6) is 0.137. The van der Waals surface area contributed by atoms with Crippen LogP contribution in [0.25, 0.3) is 0 Å². The molecule has 0 bridgehead atoms. The van der Waals surface area contributed by atoms with Gasteiger partial charge in [-0.1, -0.05) is 37.9 Å². The van der Waals surface area contributed by atoms with Crippen molar-refractivity contribution in [2.75, 3.05) is 0 Å². The summed E-state index contributed by atoms with van der Waals surface area (Å²) in [4.78, 5) is 11.2. The van der Waals surface area contributed by atoms with Gasteiger partial charge in [0.2, 0.25) is 0 Å². The Hall–Kier alpha value is -1.06. The van der Waals surface area contributed by atoms with Crippen LogP contribution < -0.4 is 4.74 Å². The van der Waals surface area contributed by atoms with Crippen LogP contribution >= 0.6 is 11.6 Å². The van der Waals surface area contributed by atoms with Crippen molar-refractivity contribution in [1.29, 1.82) is 0 Å². The van der Waals surface area contributed by atoms with Crippen molar-refractivity contribution in [2.45, 2.75) is 30.9 Å². The number of halogens is 1. The molecule has 0 heterocycles. The van der Waals surface area contributed by atoms with E-state index in [1.165, 1.54) is 0 Å². The molecule has 0 aliphatic heterocycles. The number of esters is 1. The van der Waals surface area contributed by atoms with Crippen LogP contribution in [0.5, 0.6) is 5.75 Å². The molecule has 1 aromatic rings. The zero-order valence-corrected chi connectivity index (χ0v) is 12.5. The van der Waals surface area contributed by atoms with Gasteiger partial charge in [0.05, 0.1) is 0 Å². The third-order valence-electron chi connectivity index (χ3n) is 2.42. The Balaban J connectivity index is 2.75. The lowest BCUT2D eigenvalue weighted by Gasteiger charge is -2.13. The molecule has 0 aromatic heterocycles. The van der Waals surface area contributed by atoms with Gasteiger partial charge >= 0.3 is 5.97 Å². The molecular weight excluding hydrogens is 264 g/mol. The quantitative estimate of drug-likeness (QED) is 0.261. The minimum absolute atomic E-state index is 0.0949. The van der Waals surface area contributed by atoms with Gasteiger partial charge in [0, 0.05) is 20.2 Å². The van der Waals surface area contributed by atoms with E-state index in [1.807, 2.05) is 18.2 Å². The van der Waals surface area contributed by atoms with E-state index in [2.05, 4.69) is 19.7 Å². The van der Waals surface area contributed by atoms with E-state index in [1.54, 1.807) is 6.07 Å². The van der Waals surface area contributed by atoms with Crippen LogP contribution in [0.3, 0.4) is 0 Å². The highest BCUT2D eigenvalue weighted by molar-refractivity contribution is 6.57. The Morgan fingerprint density at radius 1 is 1.50 bits per heavy atom. The first-order valence-electron chi connectivity index (χ1n) is 5.88. The van der Waals surface area contributed by atoms with Crippen molar-refractivity contribution in [1.82, 2.24) is 0 Å². The standard InChI is InChI=1S/C14H18ClO2Si/c1-4-14(16)17-13-8-6-5-7-11(13)9-12(15)10-18(2)3/h4-8,12H,1,9-10H2,2-3H3. The van der Waals surface area contributed by atoms with E-state index >= 15 is 0 Å². The van der Waals surface area contributed by atoms with Crippen molar-refractivity contribution in [3.63, 3.8) is 0 Å². The van der Waals surface area contributed by atoms with Crippen LogP contribution in [-0.4, -0.2) is 20.1 Å². The maximum Gasteiger partial charge on any atom is 0.335 e. The van der Waals surface area contributed by atoms with Gasteiger partial charge in [-0.25, -0.2) is 4.79 Å². The molecule has 0 aliphatic carbocycles. The second kappa shape index (κ2) is 7.39. The van der Waals surface area contributed by atoms with Crippen LogP contribution in [0.2, 0.25) is 19.1 Å². The SMILES string of the molecule is C=CC(=O)Oc1ccccc1CC(Cl)C[Si](C)C. The van der Waals surface area contributed by atoms with Crippen molar-refractivity contribution in [2.24, 2.45) is 0 Å². The lowest BCUT2D eigenvalue weighted by atomic mass is 10.1. The van der Waals surface area contributed by atoms with Crippen molar-refractivity contribution in [3.05, 3.63) is 42.5 Å². The number of rotatable bonds is 6. The topological polar surface area (TPSA) is 26.3 Å². The Morgan fingerprint density at radius 2 is 2.17 bits per heavy atom. The Bertz CT molecular complexity index is 418. The van der Waals surface area contributed by atoms with Gasteiger partial charge < -0.3 is 4.74 Å². The van der Waals surface area contributed by atoms with E-state index in [-0.39, 0.29) is 14.2 Å². The molecule has 2 nitrogen and oxygen atoms in total. The van der Waals surface area contributed by atoms with E-state index < -0.39 is 5.97 Å². The third kappa shape index (κ3) is 5.06. The number of carbonyl (C=O) groups is 1. The Morgan fingerprint density at radius 3 is 2.78 bits per heavy atom. The van der Waals surface area contributed by atoms with Crippen LogP contribution in [0.4, 0.5) is 0 Å². The summed E-state index contributed by atoms with van der Waals surface area (Å²) < 4.78 is 5.19. The second-order valence-corrected chi connectivity index (χ2v) is 7.89. The number of para-hydroxylation sites is 1. The molecule has 0 saturated carbocycles. The highest BCUT2D eigenvalue weighted by Crippen LogP contribution is 2.23. The predicted molar refractivity (Wildman–Crippen MR) is 77.9 cm³/mol. The summed E-state index contributed by atoms with van der Waals surface area (Å²) >= 11 is 6.32. The molecule has 1 rings (SSSR count). The van der Waals surface area contributed by atoms with E-state index in [0.717, 1.165) is 24.1 Å². The maximum atomic E-state index is 11.2. The largest absolute Gasteiger partial charge is 0.423 e. The lowest BCUT2D eigenvalue weighted by molar-refractivity contribution is -0.129. The molecule has 18 heavy (non-hydrogen) atoms. The average Bonchev–Trinajstić information content (AvgIpc) is 2.30. The molecule has 0 amide bonds. The fourth-order valence-electron chi connectivity index (χ4n) is 1.68. The van der Waals surface area contributed by atoms with Crippen LogP contribution in [0.1, 0.15) is 5.56 Å². The normalized spacial score (nSPS) is 12.2. The number of hydrogen-bond donors (Lipinski definition) is 0. The number of benzene rings is 1. The molecule has 0 spiro atoms. The van der Waals surface area contributed by atoms with Crippen LogP contribution in [0, 0.1) is 0 Å². The van der Waals surface area contributed by atoms with Gasteiger partial charge in [0.25, 0.3) is 0 Å². The van der Waals surface area contributed by atoms with Crippen molar-refractivity contribution < 1.29 is 9.53 Å². The van der Waals surface area contributed by atoms with Gasteiger partial charge in [-0.2, -0.15) is 0 Å². The summed E-state index contributed by atoms with van der Waals surface area (Å²) in [6.07, 6.45) is 1.88. The molecule has 0 saturated heterocycles. The number of alkyl halides is 1. The molecular formula is C14H18ClO2Si.